The lowest BCUT2D eigenvalue weighted by molar-refractivity contribution is -0.131. The Kier molecular flexibility index (Phi) is 5.72. The summed E-state index contributed by atoms with van der Waals surface area (Å²) in [5.74, 6) is 0.271. The van der Waals surface area contributed by atoms with Crippen molar-refractivity contribution in [3.05, 3.63) is 84.9 Å². The average Bonchev–Trinajstić information content (AvgIpc) is 2.64. The Labute approximate surface area is 153 Å². The molecular formula is C20H16BrO2S+. The highest BCUT2D eigenvalue weighted by atomic mass is 79.9. The van der Waals surface area contributed by atoms with Gasteiger partial charge in [-0.25, -0.2) is 0 Å². The van der Waals surface area contributed by atoms with Gasteiger partial charge in [-0.15, -0.1) is 0 Å². The highest BCUT2D eigenvalue weighted by Gasteiger charge is 2.28. The first-order valence-corrected chi connectivity index (χ1v) is 9.83. The average molecular weight is 400 g/mol. The topological polar surface area (TPSA) is 26.3 Å². The van der Waals surface area contributed by atoms with Gasteiger partial charge in [0.15, 0.2) is 14.7 Å². The third kappa shape index (κ3) is 4.08. The van der Waals surface area contributed by atoms with Crippen molar-refractivity contribution in [2.45, 2.75) is 14.7 Å². The van der Waals surface area contributed by atoms with Crippen LogP contribution in [0.15, 0.2) is 99.6 Å². The van der Waals surface area contributed by atoms with E-state index in [9.17, 15) is 4.79 Å². The Morgan fingerprint density at radius 1 is 0.792 bits per heavy atom. The lowest BCUT2D eigenvalue weighted by Crippen LogP contribution is -2.10. The summed E-state index contributed by atoms with van der Waals surface area (Å²) < 4.78 is 5.34. The second-order valence-electron chi connectivity index (χ2n) is 5.01. The molecule has 2 nitrogen and oxygen atoms in total. The van der Waals surface area contributed by atoms with Gasteiger partial charge >= 0.3 is 5.97 Å². The van der Waals surface area contributed by atoms with Gasteiger partial charge in [0.2, 0.25) is 0 Å². The highest BCUT2D eigenvalue weighted by Crippen LogP contribution is 2.32. The van der Waals surface area contributed by atoms with E-state index in [0.29, 0.717) is 5.75 Å². The van der Waals surface area contributed by atoms with E-state index in [1.807, 2.05) is 54.6 Å². The van der Waals surface area contributed by atoms with Crippen LogP contribution in [-0.2, 0) is 15.7 Å². The maximum atomic E-state index is 11.5. The Morgan fingerprint density at radius 3 is 1.88 bits per heavy atom. The third-order valence-corrected chi connectivity index (χ3v) is 6.01. The number of hydrogen-bond donors (Lipinski definition) is 0. The molecule has 0 spiro atoms. The molecular weight excluding hydrogens is 384 g/mol. The normalized spacial score (nSPS) is 10.6. The van der Waals surface area contributed by atoms with Gasteiger partial charge in [-0.1, -0.05) is 58.4 Å². The van der Waals surface area contributed by atoms with Crippen molar-refractivity contribution >= 4 is 32.8 Å². The number of ether oxygens (including phenoxy) is 1. The number of hydrogen-bond acceptors (Lipinski definition) is 2. The van der Waals surface area contributed by atoms with Gasteiger partial charge in [-0.05, 0) is 36.4 Å². The van der Waals surface area contributed by atoms with Gasteiger partial charge in [0.05, 0.1) is 10.9 Å². The number of alkyl halides is 1. The molecule has 0 aliphatic rings. The van der Waals surface area contributed by atoms with Crippen LogP contribution in [0.25, 0.3) is 0 Å². The van der Waals surface area contributed by atoms with E-state index in [-0.39, 0.29) is 22.2 Å². The molecule has 0 saturated carbocycles. The molecule has 0 bridgehead atoms. The molecule has 0 amide bonds. The minimum Gasteiger partial charge on any atom is -0.426 e. The number of carbonyl (C=O) groups excluding carboxylic acids is 1. The molecule has 3 aromatic rings. The van der Waals surface area contributed by atoms with Crippen LogP contribution >= 0.6 is 15.9 Å². The fraction of sp³-hybridized carbons (Fsp3) is 0.0500. The quantitative estimate of drug-likeness (QED) is 0.258. The molecule has 24 heavy (non-hydrogen) atoms. The highest BCUT2D eigenvalue weighted by molar-refractivity contribution is 9.09. The summed E-state index contributed by atoms with van der Waals surface area (Å²) in [5, 5.41) is 0.181. The second-order valence-corrected chi connectivity index (χ2v) is 7.60. The van der Waals surface area contributed by atoms with Crippen LogP contribution in [0.4, 0.5) is 0 Å². The predicted octanol–water partition coefficient (Wildman–Crippen LogP) is 5.08. The number of carbonyl (C=O) groups is 1. The summed E-state index contributed by atoms with van der Waals surface area (Å²) >= 11 is 3.12. The van der Waals surface area contributed by atoms with Gasteiger partial charge < -0.3 is 4.74 Å². The van der Waals surface area contributed by atoms with Gasteiger partial charge in [0.25, 0.3) is 0 Å². The molecule has 0 radical (unpaired) electrons. The van der Waals surface area contributed by atoms with Crippen molar-refractivity contribution in [2.24, 2.45) is 0 Å². The summed E-state index contributed by atoms with van der Waals surface area (Å²) in [4.78, 5) is 15.1. The summed E-state index contributed by atoms with van der Waals surface area (Å²) in [6, 6.07) is 28.5. The van der Waals surface area contributed by atoms with Crippen molar-refractivity contribution in [2.75, 3.05) is 5.33 Å². The lowest BCUT2D eigenvalue weighted by atomic mass is 10.3. The van der Waals surface area contributed by atoms with Crippen molar-refractivity contribution in [1.82, 2.24) is 0 Å². The SMILES string of the molecule is O=C(CBr)Oc1cccc([S+](c2ccccc2)c2ccccc2)c1. The van der Waals surface area contributed by atoms with Gasteiger partial charge in [-0.3, -0.25) is 4.79 Å². The van der Waals surface area contributed by atoms with Crippen LogP contribution in [0, 0.1) is 0 Å². The van der Waals surface area contributed by atoms with Gasteiger partial charge in [0, 0.05) is 6.07 Å². The first-order valence-electron chi connectivity index (χ1n) is 7.49. The molecule has 0 aromatic heterocycles. The molecule has 120 valence electrons. The predicted molar refractivity (Wildman–Crippen MR) is 101 cm³/mol. The monoisotopic (exact) mass is 399 g/mol. The van der Waals surface area contributed by atoms with Gasteiger partial charge in [0.1, 0.15) is 11.1 Å². The standard InChI is InChI=1S/C20H16BrO2S/c21-15-20(22)23-16-8-7-13-19(14-16)24(17-9-3-1-4-10-17)18-11-5-2-6-12-18/h1-14H,15H2/q+1. The second kappa shape index (κ2) is 8.18. The zero-order chi connectivity index (χ0) is 16.8. The zero-order valence-corrected chi connectivity index (χ0v) is 15.3. The van der Waals surface area contributed by atoms with Crippen LogP contribution in [0.1, 0.15) is 0 Å². The summed E-state index contributed by atoms with van der Waals surface area (Å²) in [6.07, 6.45) is 0. The molecule has 0 fully saturated rings. The number of rotatable bonds is 5. The van der Waals surface area contributed by atoms with Crippen LogP contribution in [0.2, 0.25) is 0 Å². The number of halogens is 1. The largest absolute Gasteiger partial charge is 0.426 e. The van der Waals surface area contributed by atoms with Crippen molar-refractivity contribution in [1.29, 1.82) is 0 Å². The van der Waals surface area contributed by atoms with E-state index in [2.05, 4.69) is 46.3 Å². The van der Waals surface area contributed by atoms with Crippen molar-refractivity contribution in [3.8, 4) is 5.75 Å². The number of benzene rings is 3. The van der Waals surface area contributed by atoms with E-state index < -0.39 is 0 Å². The third-order valence-electron chi connectivity index (χ3n) is 3.34. The van der Waals surface area contributed by atoms with Crippen LogP contribution < -0.4 is 4.74 Å². The molecule has 4 heteroatoms. The van der Waals surface area contributed by atoms with E-state index >= 15 is 0 Å². The van der Waals surface area contributed by atoms with E-state index in [1.54, 1.807) is 0 Å². The van der Waals surface area contributed by atoms with Crippen LogP contribution in [0.3, 0.4) is 0 Å². The van der Waals surface area contributed by atoms with E-state index in [1.165, 1.54) is 9.79 Å². The molecule has 3 aromatic carbocycles. The molecule has 0 N–H and O–H groups in total. The Bertz CT molecular complexity index is 767. The first-order chi connectivity index (χ1) is 11.8. The lowest BCUT2D eigenvalue weighted by Gasteiger charge is -2.09. The maximum Gasteiger partial charge on any atom is 0.321 e. The first kappa shape index (κ1) is 16.8. The molecule has 0 saturated heterocycles. The van der Waals surface area contributed by atoms with Crippen LogP contribution in [-0.4, -0.2) is 11.3 Å². The van der Waals surface area contributed by atoms with Crippen LogP contribution in [0.5, 0.6) is 5.75 Å². The fourth-order valence-corrected chi connectivity index (χ4v) is 4.58. The molecule has 0 unspecified atom stereocenters. The molecule has 0 aliphatic heterocycles. The maximum absolute atomic E-state index is 11.5. The molecule has 0 atom stereocenters. The Morgan fingerprint density at radius 2 is 1.33 bits per heavy atom. The van der Waals surface area contributed by atoms with Crippen molar-refractivity contribution < 1.29 is 9.53 Å². The Hall–Kier alpha value is -2.04. The zero-order valence-electron chi connectivity index (χ0n) is 12.9. The minimum atomic E-state index is -0.300. The summed E-state index contributed by atoms with van der Waals surface area (Å²) in [7, 11) is -0.245. The summed E-state index contributed by atoms with van der Waals surface area (Å²) in [6.45, 7) is 0. The smallest absolute Gasteiger partial charge is 0.321 e. The number of esters is 1. The molecule has 0 aliphatic carbocycles. The fourth-order valence-electron chi connectivity index (χ4n) is 2.34. The van der Waals surface area contributed by atoms with E-state index in [4.69, 9.17) is 4.74 Å². The Balaban J connectivity index is 2.03. The molecule has 0 heterocycles. The van der Waals surface area contributed by atoms with Gasteiger partial charge in [-0.2, -0.15) is 0 Å². The molecule has 3 rings (SSSR count). The minimum absolute atomic E-state index is 0.181. The summed E-state index contributed by atoms with van der Waals surface area (Å²) in [5.41, 5.74) is 0. The van der Waals surface area contributed by atoms with Crippen molar-refractivity contribution in [3.63, 3.8) is 0 Å². The van der Waals surface area contributed by atoms with E-state index in [0.717, 1.165) is 4.90 Å².